The Labute approximate surface area is 104 Å². The molecular formula is C13H17N3O2. The number of hydrogen-bond donors (Lipinski definition) is 3. The number of nitrogens with one attached hydrogen (secondary N) is 3. The van der Waals surface area contributed by atoms with Crippen molar-refractivity contribution in [2.45, 2.75) is 20.8 Å². The molecule has 0 bridgehead atoms. The molecule has 1 aromatic carbocycles. The molecule has 2 rings (SSSR count). The maximum Gasteiger partial charge on any atom is 0.272 e. The molecule has 0 spiro atoms. The van der Waals surface area contributed by atoms with Gasteiger partial charge in [-0.1, -0.05) is 26.8 Å². The lowest BCUT2D eigenvalue weighted by atomic mass is 9.96. The van der Waals surface area contributed by atoms with Crippen LogP contribution < -0.4 is 16.4 Å². The number of H-pyrrole nitrogens is 2. The summed E-state index contributed by atoms with van der Waals surface area (Å²) in [5, 5.41) is 8.70. The van der Waals surface area contributed by atoms with Crippen molar-refractivity contribution in [3.63, 3.8) is 0 Å². The van der Waals surface area contributed by atoms with Crippen molar-refractivity contribution >= 4 is 16.5 Å². The van der Waals surface area contributed by atoms with Crippen LogP contribution in [0.15, 0.2) is 27.8 Å². The summed E-state index contributed by atoms with van der Waals surface area (Å²) in [5.41, 5.74) is 0.205. The van der Waals surface area contributed by atoms with Crippen molar-refractivity contribution in [3.8, 4) is 0 Å². The second-order valence-corrected chi connectivity index (χ2v) is 5.55. The largest absolute Gasteiger partial charge is 0.384 e. The highest BCUT2D eigenvalue weighted by Gasteiger charge is 2.12. The van der Waals surface area contributed by atoms with Crippen LogP contribution in [0.2, 0.25) is 0 Å². The van der Waals surface area contributed by atoms with Crippen LogP contribution in [0, 0.1) is 5.41 Å². The van der Waals surface area contributed by atoms with Gasteiger partial charge in [-0.15, -0.1) is 0 Å². The van der Waals surface area contributed by atoms with Gasteiger partial charge in [-0.2, -0.15) is 0 Å². The van der Waals surface area contributed by atoms with Gasteiger partial charge in [-0.05, 0) is 17.5 Å². The monoisotopic (exact) mass is 247 g/mol. The second kappa shape index (κ2) is 4.33. The Morgan fingerprint density at radius 1 is 1.11 bits per heavy atom. The predicted molar refractivity (Wildman–Crippen MR) is 73.1 cm³/mol. The quantitative estimate of drug-likeness (QED) is 0.755. The van der Waals surface area contributed by atoms with Crippen LogP contribution in [-0.2, 0) is 0 Å². The standard InChI is InChI=1S/C13H17N3O2/c1-13(2,3)7-14-9-6-4-5-8-10(9)12(18)16-15-11(8)17/h4-6,14H,7H2,1-3H3,(H,15,17)(H,16,18). The summed E-state index contributed by atoms with van der Waals surface area (Å²) in [6, 6.07) is 5.22. The van der Waals surface area contributed by atoms with E-state index in [0.717, 1.165) is 6.54 Å². The third kappa shape index (κ3) is 2.45. The van der Waals surface area contributed by atoms with E-state index >= 15 is 0 Å². The highest BCUT2D eigenvalue weighted by Crippen LogP contribution is 2.20. The Balaban J connectivity index is 2.55. The molecule has 1 aromatic heterocycles. The fraction of sp³-hybridized carbons (Fsp3) is 0.385. The zero-order valence-corrected chi connectivity index (χ0v) is 10.8. The van der Waals surface area contributed by atoms with Crippen LogP contribution in [-0.4, -0.2) is 16.7 Å². The zero-order chi connectivity index (χ0) is 13.3. The van der Waals surface area contributed by atoms with Crippen LogP contribution in [0.25, 0.3) is 10.8 Å². The van der Waals surface area contributed by atoms with Gasteiger partial charge in [0.1, 0.15) is 0 Å². The lowest BCUT2D eigenvalue weighted by Gasteiger charge is -2.20. The summed E-state index contributed by atoms with van der Waals surface area (Å²) in [6.07, 6.45) is 0. The minimum Gasteiger partial charge on any atom is -0.384 e. The van der Waals surface area contributed by atoms with Crippen molar-refractivity contribution in [1.82, 2.24) is 10.2 Å². The molecule has 5 nitrogen and oxygen atoms in total. The number of anilines is 1. The lowest BCUT2D eigenvalue weighted by Crippen LogP contribution is -2.23. The van der Waals surface area contributed by atoms with Gasteiger partial charge < -0.3 is 5.32 Å². The Hall–Kier alpha value is -2.04. The van der Waals surface area contributed by atoms with Gasteiger partial charge in [0.15, 0.2) is 0 Å². The third-order valence-electron chi connectivity index (χ3n) is 2.63. The summed E-state index contributed by atoms with van der Waals surface area (Å²) >= 11 is 0. The lowest BCUT2D eigenvalue weighted by molar-refractivity contribution is 0.443. The number of hydrogen-bond acceptors (Lipinski definition) is 3. The number of aromatic amines is 2. The van der Waals surface area contributed by atoms with E-state index in [1.54, 1.807) is 12.1 Å². The zero-order valence-electron chi connectivity index (χ0n) is 10.8. The number of benzene rings is 1. The van der Waals surface area contributed by atoms with Crippen molar-refractivity contribution < 1.29 is 0 Å². The van der Waals surface area contributed by atoms with Gasteiger partial charge in [-0.3, -0.25) is 19.8 Å². The van der Waals surface area contributed by atoms with Gasteiger partial charge in [0.2, 0.25) is 0 Å². The van der Waals surface area contributed by atoms with E-state index in [-0.39, 0.29) is 16.5 Å². The molecule has 0 saturated carbocycles. The summed E-state index contributed by atoms with van der Waals surface area (Å²) in [4.78, 5) is 23.4. The average molecular weight is 247 g/mol. The molecule has 0 fully saturated rings. The Kier molecular flexibility index (Phi) is 2.98. The van der Waals surface area contributed by atoms with E-state index in [1.165, 1.54) is 0 Å². The first kappa shape index (κ1) is 12.4. The third-order valence-corrected chi connectivity index (χ3v) is 2.63. The normalized spacial score (nSPS) is 11.7. The van der Waals surface area contributed by atoms with E-state index in [0.29, 0.717) is 16.5 Å². The fourth-order valence-electron chi connectivity index (χ4n) is 1.74. The molecule has 0 aliphatic carbocycles. The Morgan fingerprint density at radius 3 is 2.44 bits per heavy atom. The molecule has 2 aromatic rings. The molecule has 0 amide bonds. The summed E-state index contributed by atoms with van der Waals surface area (Å²) in [7, 11) is 0. The van der Waals surface area contributed by atoms with E-state index < -0.39 is 0 Å². The van der Waals surface area contributed by atoms with Crippen LogP contribution >= 0.6 is 0 Å². The first-order valence-electron chi connectivity index (χ1n) is 5.86. The molecule has 0 aliphatic rings. The van der Waals surface area contributed by atoms with E-state index in [2.05, 4.69) is 36.3 Å². The summed E-state index contributed by atoms with van der Waals surface area (Å²) < 4.78 is 0. The van der Waals surface area contributed by atoms with E-state index in [9.17, 15) is 9.59 Å². The van der Waals surface area contributed by atoms with Crippen molar-refractivity contribution in [1.29, 1.82) is 0 Å². The topological polar surface area (TPSA) is 77.8 Å². The van der Waals surface area contributed by atoms with E-state index in [1.807, 2.05) is 6.07 Å². The van der Waals surface area contributed by atoms with Crippen LogP contribution in [0.5, 0.6) is 0 Å². The molecular weight excluding hydrogens is 230 g/mol. The van der Waals surface area contributed by atoms with Crippen LogP contribution in [0.1, 0.15) is 20.8 Å². The Bertz CT molecular complexity index is 677. The molecule has 96 valence electrons. The number of fused-ring (bicyclic) bond motifs is 1. The van der Waals surface area contributed by atoms with Gasteiger partial charge in [0.05, 0.1) is 10.8 Å². The molecule has 5 heteroatoms. The molecule has 1 heterocycles. The van der Waals surface area contributed by atoms with Gasteiger partial charge >= 0.3 is 0 Å². The molecule has 18 heavy (non-hydrogen) atoms. The smallest absolute Gasteiger partial charge is 0.272 e. The van der Waals surface area contributed by atoms with Gasteiger partial charge in [0, 0.05) is 12.2 Å². The minimum absolute atomic E-state index is 0.0934. The SMILES string of the molecule is CC(C)(C)CNc1cccc2c(=O)[nH][nH]c(=O)c12. The predicted octanol–water partition coefficient (Wildman–Crippen LogP) is 1.67. The molecule has 0 saturated heterocycles. The second-order valence-electron chi connectivity index (χ2n) is 5.55. The van der Waals surface area contributed by atoms with Crippen molar-refractivity contribution in [3.05, 3.63) is 38.9 Å². The molecule has 0 aliphatic heterocycles. The van der Waals surface area contributed by atoms with Gasteiger partial charge in [0.25, 0.3) is 11.1 Å². The molecule has 0 atom stereocenters. The summed E-state index contributed by atoms with van der Waals surface area (Å²) in [6.45, 7) is 7.02. The molecule has 0 unspecified atom stereocenters. The first-order chi connectivity index (χ1) is 8.38. The molecule has 0 radical (unpaired) electrons. The highest BCUT2D eigenvalue weighted by atomic mass is 16.1. The number of rotatable bonds is 2. The summed E-state index contributed by atoms with van der Waals surface area (Å²) in [5.74, 6) is 0. The average Bonchev–Trinajstić information content (AvgIpc) is 2.30. The van der Waals surface area contributed by atoms with Crippen LogP contribution in [0.3, 0.4) is 0 Å². The van der Waals surface area contributed by atoms with E-state index in [4.69, 9.17) is 0 Å². The Morgan fingerprint density at radius 2 is 1.78 bits per heavy atom. The van der Waals surface area contributed by atoms with Crippen molar-refractivity contribution in [2.24, 2.45) is 5.41 Å². The highest BCUT2D eigenvalue weighted by molar-refractivity contribution is 5.92. The van der Waals surface area contributed by atoms with Gasteiger partial charge in [-0.25, -0.2) is 0 Å². The first-order valence-corrected chi connectivity index (χ1v) is 5.86. The number of aromatic nitrogens is 2. The fourth-order valence-corrected chi connectivity index (χ4v) is 1.74. The maximum absolute atomic E-state index is 11.8. The molecule has 3 N–H and O–H groups in total. The van der Waals surface area contributed by atoms with Crippen molar-refractivity contribution in [2.75, 3.05) is 11.9 Å². The van der Waals surface area contributed by atoms with Crippen LogP contribution in [0.4, 0.5) is 5.69 Å². The minimum atomic E-state index is -0.290. The maximum atomic E-state index is 11.8.